The van der Waals surface area contributed by atoms with Crippen LogP contribution in [0.15, 0.2) is 52.9 Å². The summed E-state index contributed by atoms with van der Waals surface area (Å²) in [6.07, 6.45) is 0.969. The van der Waals surface area contributed by atoms with Crippen LogP contribution in [0.2, 0.25) is 0 Å². The van der Waals surface area contributed by atoms with Crippen molar-refractivity contribution in [2.24, 2.45) is 0 Å². The van der Waals surface area contributed by atoms with Crippen molar-refractivity contribution in [2.75, 3.05) is 11.9 Å². The summed E-state index contributed by atoms with van der Waals surface area (Å²) in [5, 5.41) is 4.25. The second-order valence-corrected chi connectivity index (χ2v) is 5.03. The van der Waals surface area contributed by atoms with E-state index in [1.807, 2.05) is 48.5 Å². The molecule has 98 valence electrons. The number of carbonyl (C=O) groups excluding carboxylic acids is 1. The number of rotatable bonds is 2. The molecule has 1 aliphatic heterocycles. The van der Waals surface area contributed by atoms with Crippen molar-refractivity contribution in [3.05, 3.63) is 65.4 Å². The molecule has 2 heterocycles. The number of nitrogens with one attached hydrogen (secondary N) is 1. The third-order valence-corrected chi connectivity index (χ3v) is 3.73. The fourth-order valence-electron chi connectivity index (χ4n) is 2.68. The van der Waals surface area contributed by atoms with Gasteiger partial charge in [0.05, 0.1) is 0 Å². The molecule has 0 amide bonds. The molecule has 0 atom stereocenters. The Bertz CT molecular complexity index is 784. The summed E-state index contributed by atoms with van der Waals surface area (Å²) in [4.78, 5) is 12.5. The lowest BCUT2D eigenvalue weighted by atomic mass is 10.0. The van der Waals surface area contributed by atoms with Crippen molar-refractivity contribution in [3.63, 3.8) is 0 Å². The Morgan fingerprint density at radius 1 is 1.10 bits per heavy atom. The normalized spacial score (nSPS) is 13.2. The fraction of sp³-hybridized carbons (Fsp3) is 0.118. The van der Waals surface area contributed by atoms with Crippen LogP contribution >= 0.6 is 0 Å². The molecule has 20 heavy (non-hydrogen) atoms. The summed E-state index contributed by atoms with van der Waals surface area (Å²) in [5.41, 5.74) is 3.77. The smallest absolute Gasteiger partial charge is 0.228 e. The highest BCUT2D eigenvalue weighted by Gasteiger charge is 2.17. The van der Waals surface area contributed by atoms with Crippen LogP contribution in [0.1, 0.15) is 21.7 Å². The van der Waals surface area contributed by atoms with Gasteiger partial charge in [0.1, 0.15) is 5.58 Å². The number of anilines is 1. The Morgan fingerprint density at radius 3 is 2.90 bits per heavy atom. The van der Waals surface area contributed by atoms with Gasteiger partial charge in [-0.2, -0.15) is 0 Å². The number of furan rings is 1. The summed E-state index contributed by atoms with van der Waals surface area (Å²) in [6, 6.07) is 15.3. The molecule has 1 aliphatic rings. The van der Waals surface area contributed by atoms with Gasteiger partial charge >= 0.3 is 0 Å². The van der Waals surface area contributed by atoms with E-state index in [2.05, 4.69) is 5.32 Å². The number of carbonyl (C=O) groups is 1. The Labute approximate surface area is 116 Å². The lowest BCUT2D eigenvalue weighted by Gasteiger charge is -2.02. The second kappa shape index (κ2) is 4.23. The van der Waals surface area contributed by atoms with Crippen molar-refractivity contribution in [2.45, 2.75) is 6.42 Å². The third-order valence-electron chi connectivity index (χ3n) is 3.73. The van der Waals surface area contributed by atoms with Gasteiger partial charge in [-0.25, -0.2) is 0 Å². The van der Waals surface area contributed by atoms with Gasteiger partial charge in [-0.05, 0) is 42.3 Å². The first-order valence-corrected chi connectivity index (χ1v) is 6.71. The Morgan fingerprint density at radius 2 is 2.00 bits per heavy atom. The summed E-state index contributed by atoms with van der Waals surface area (Å²) in [7, 11) is 0. The van der Waals surface area contributed by atoms with E-state index in [-0.39, 0.29) is 5.78 Å². The van der Waals surface area contributed by atoms with Crippen molar-refractivity contribution in [1.29, 1.82) is 0 Å². The van der Waals surface area contributed by atoms with E-state index in [4.69, 9.17) is 4.42 Å². The van der Waals surface area contributed by atoms with Crippen LogP contribution < -0.4 is 5.32 Å². The molecule has 0 spiro atoms. The number of ketones is 1. The zero-order chi connectivity index (χ0) is 13.5. The third kappa shape index (κ3) is 1.71. The van der Waals surface area contributed by atoms with E-state index >= 15 is 0 Å². The largest absolute Gasteiger partial charge is 0.453 e. The molecule has 3 aromatic rings. The van der Waals surface area contributed by atoms with Gasteiger partial charge in [0.2, 0.25) is 5.78 Å². The Hall–Kier alpha value is -2.55. The first kappa shape index (κ1) is 11.3. The van der Waals surface area contributed by atoms with Crippen LogP contribution in [0, 0.1) is 0 Å². The predicted octanol–water partition coefficient (Wildman–Crippen LogP) is 3.63. The molecule has 0 saturated carbocycles. The van der Waals surface area contributed by atoms with Crippen molar-refractivity contribution < 1.29 is 9.21 Å². The van der Waals surface area contributed by atoms with E-state index in [1.54, 1.807) is 0 Å². The Kier molecular flexibility index (Phi) is 2.39. The molecule has 0 radical (unpaired) electrons. The average Bonchev–Trinajstić information content (AvgIpc) is 3.11. The molecule has 0 aliphatic carbocycles. The molecule has 3 heteroatoms. The molecule has 0 unspecified atom stereocenters. The summed E-state index contributed by atoms with van der Waals surface area (Å²) in [6.45, 7) is 0.942. The SMILES string of the molecule is O=C(c1ccc2c(c1)CCN2)c1cc2ccccc2o1. The first-order chi connectivity index (χ1) is 9.81. The van der Waals surface area contributed by atoms with Crippen molar-refractivity contribution >= 4 is 22.4 Å². The van der Waals surface area contributed by atoms with Gasteiger partial charge in [0.15, 0.2) is 5.76 Å². The van der Waals surface area contributed by atoms with E-state index in [0.717, 1.165) is 29.6 Å². The van der Waals surface area contributed by atoms with E-state index in [9.17, 15) is 4.79 Å². The predicted molar refractivity (Wildman–Crippen MR) is 78.3 cm³/mol. The maximum absolute atomic E-state index is 12.5. The highest BCUT2D eigenvalue weighted by atomic mass is 16.3. The number of hydrogen-bond acceptors (Lipinski definition) is 3. The maximum Gasteiger partial charge on any atom is 0.228 e. The number of hydrogen-bond donors (Lipinski definition) is 1. The first-order valence-electron chi connectivity index (χ1n) is 6.71. The molecule has 0 fully saturated rings. The molecule has 1 aromatic heterocycles. The summed E-state index contributed by atoms with van der Waals surface area (Å²) in [5.74, 6) is 0.341. The number of benzene rings is 2. The zero-order valence-electron chi connectivity index (χ0n) is 10.8. The summed E-state index contributed by atoms with van der Waals surface area (Å²) >= 11 is 0. The molecule has 2 aromatic carbocycles. The highest BCUT2D eigenvalue weighted by Crippen LogP contribution is 2.26. The van der Waals surface area contributed by atoms with Crippen molar-refractivity contribution in [1.82, 2.24) is 0 Å². The van der Waals surface area contributed by atoms with Crippen LogP contribution in [0.5, 0.6) is 0 Å². The van der Waals surface area contributed by atoms with Crippen LogP contribution in [0.3, 0.4) is 0 Å². The minimum Gasteiger partial charge on any atom is -0.453 e. The second-order valence-electron chi connectivity index (χ2n) is 5.03. The van der Waals surface area contributed by atoms with Gasteiger partial charge in [-0.3, -0.25) is 4.79 Å². The Balaban J connectivity index is 1.76. The minimum atomic E-state index is -0.0594. The molecule has 0 saturated heterocycles. The van der Waals surface area contributed by atoms with Gasteiger partial charge in [-0.1, -0.05) is 18.2 Å². The topological polar surface area (TPSA) is 42.2 Å². The fourth-order valence-corrected chi connectivity index (χ4v) is 2.68. The van der Waals surface area contributed by atoms with E-state index < -0.39 is 0 Å². The quantitative estimate of drug-likeness (QED) is 0.718. The maximum atomic E-state index is 12.5. The van der Waals surface area contributed by atoms with Gasteiger partial charge in [0, 0.05) is 23.2 Å². The van der Waals surface area contributed by atoms with Crippen molar-refractivity contribution in [3.8, 4) is 0 Å². The number of para-hydroxylation sites is 1. The lowest BCUT2D eigenvalue weighted by Crippen LogP contribution is -2.00. The zero-order valence-corrected chi connectivity index (χ0v) is 10.8. The molecule has 3 nitrogen and oxygen atoms in total. The molecular weight excluding hydrogens is 250 g/mol. The van der Waals surface area contributed by atoms with Crippen LogP contribution in [-0.2, 0) is 6.42 Å². The summed E-state index contributed by atoms with van der Waals surface area (Å²) < 4.78 is 5.64. The average molecular weight is 263 g/mol. The minimum absolute atomic E-state index is 0.0594. The molecular formula is C17H13NO2. The van der Waals surface area contributed by atoms with E-state index in [0.29, 0.717) is 11.3 Å². The van der Waals surface area contributed by atoms with Gasteiger partial charge in [0.25, 0.3) is 0 Å². The molecule has 0 bridgehead atoms. The van der Waals surface area contributed by atoms with Crippen LogP contribution in [0.25, 0.3) is 11.0 Å². The monoisotopic (exact) mass is 263 g/mol. The van der Waals surface area contributed by atoms with E-state index in [1.165, 1.54) is 5.56 Å². The molecule has 4 rings (SSSR count). The molecule has 1 N–H and O–H groups in total. The van der Waals surface area contributed by atoms with Crippen LogP contribution in [0.4, 0.5) is 5.69 Å². The van der Waals surface area contributed by atoms with Gasteiger partial charge < -0.3 is 9.73 Å². The standard InChI is InChI=1S/C17H13NO2/c19-17(13-5-6-14-11(9-13)7-8-18-14)16-10-12-3-1-2-4-15(12)20-16/h1-6,9-10,18H,7-8H2. The lowest BCUT2D eigenvalue weighted by molar-refractivity contribution is 0.101. The van der Waals surface area contributed by atoms with Crippen LogP contribution in [-0.4, -0.2) is 12.3 Å². The highest BCUT2D eigenvalue weighted by molar-refractivity contribution is 6.09. The number of fused-ring (bicyclic) bond motifs is 2. The van der Waals surface area contributed by atoms with Gasteiger partial charge in [-0.15, -0.1) is 0 Å².